The molecule has 0 unspecified atom stereocenters. The Balaban J connectivity index is 2.41. The Bertz CT molecular complexity index is 529. The lowest BCUT2D eigenvalue weighted by Gasteiger charge is -2.24. The molecule has 1 aliphatic heterocycles. The summed E-state index contributed by atoms with van der Waals surface area (Å²) in [5, 5.41) is 3.13. The highest BCUT2D eigenvalue weighted by Crippen LogP contribution is 2.26. The lowest BCUT2D eigenvalue weighted by atomic mass is 10.2. The van der Waals surface area contributed by atoms with Crippen molar-refractivity contribution in [3.63, 3.8) is 0 Å². The van der Waals surface area contributed by atoms with Crippen LogP contribution in [-0.4, -0.2) is 54.5 Å². The summed E-state index contributed by atoms with van der Waals surface area (Å²) in [5.41, 5.74) is 0.999. The van der Waals surface area contributed by atoms with E-state index < -0.39 is 0 Å². The van der Waals surface area contributed by atoms with Crippen LogP contribution in [0.3, 0.4) is 0 Å². The molecule has 21 heavy (non-hydrogen) atoms. The monoisotopic (exact) mass is 291 g/mol. The number of amides is 1. The quantitative estimate of drug-likeness (QED) is 0.917. The Morgan fingerprint density at radius 3 is 2.57 bits per heavy atom. The average Bonchev–Trinajstić information content (AvgIpc) is 2.61. The number of hydrogen-bond acceptors (Lipinski definition) is 5. The number of carbonyl (C=O) groups excluding carboxylic acids is 1. The van der Waals surface area contributed by atoms with E-state index in [2.05, 4.69) is 29.0 Å². The molecule has 1 amide bonds. The summed E-state index contributed by atoms with van der Waals surface area (Å²) in [4.78, 5) is 25.2. The van der Waals surface area contributed by atoms with Crippen LogP contribution in [-0.2, 0) is 4.79 Å². The van der Waals surface area contributed by atoms with Gasteiger partial charge in [0.2, 0.25) is 5.91 Å². The third-order valence-corrected chi connectivity index (χ3v) is 3.86. The molecular weight excluding hydrogens is 266 g/mol. The minimum Gasteiger partial charge on any atom is -0.373 e. The Morgan fingerprint density at radius 2 is 1.95 bits per heavy atom. The molecule has 0 radical (unpaired) electrons. The number of anilines is 2. The molecule has 1 fully saturated rings. The summed E-state index contributed by atoms with van der Waals surface area (Å²) in [6.07, 6.45) is 0.956. The second-order valence-electron chi connectivity index (χ2n) is 5.87. The molecular formula is C15H25N5O. The van der Waals surface area contributed by atoms with Gasteiger partial charge in [-0.25, -0.2) is 9.97 Å². The maximum Gasteiger partial charge on any atom is 0.241 e. The van der Waals surface area contributed by atoms with Gasteiger partial charge >= 0.3 is 0 Å². The van der Waals surface area contributed by atoms with Gasteiger partial charge in [0.15, 0.2) is 0 Å². The van der Waals surface area contributed by atoms with Crippen molar-refractivity contribution in [3.8, 4) is 0 Å². The van der Waals surface area contributed by atoms with Crippen LogP contribution in [0.15, 0.2) is 0 Å². The Morgan fingerprint density at radius 1 is 1.24 bits per heavy atom. The van der Waals surface area contributed by atoms with Crippen LogP contribution in [0.5, 0.6) is 0 Å². The second kappa shape index (κ2) is 6.28. The molecule has 0 atom stereocenters. The van der Waals surface area contributed by atoms with Gasteiger partial charge in [-0.15, -0.1) is 0 Å². The number of carbonyl (C=O) groups is 1. The van der Waals surface area contributed by atoms with Gasteiger partial charge in [-0.05, 0) is 13.3 Å². The molecule has 1 N–H and O–H groups in total. The molecule has 0 aromatic carbocycles. The topological polar surface area (TPSA) is 61.4 Å². The maximum atomic E-state index is 12.1. The molecule has 1 aromatic heterocycles. The van der Waals surface area contributed by atoms with Crippen LogP contribution in [0.25, 0.3) is 0 Å². The van der Waals surface area contributed by atoms with Crippen molar-refractivity contribution in [2.24, 2.45) is 0 Å². The zero-order valence-electron chi connectivity index (χ0n) is 13.6. The van der Waals surface area contributed by atoms with Crippen molar-refractivity contribution in [2.45, 2.75) is 33.1 Å². The molecule has 1 aliphatic rings. The number of likely N-dealkylation sites (N-methyl/N-ethyl adjacent to an activating group) is 1. The molecule has 0 bridgehead atoms. The Kier molecular flexibility index (Phi) is 4.65. The van der Waals surface area contributed by atoms with Crippen molar-refractivity contribution >= 4 is 17.5 Å². The number of aromatic nitrogens is 2. The van der Waals surface area contributed by atoms with E-state index in [1.807, 2.05) is 21.0 Å². The molecule has 2 heterocycles. The first-order valence-electron chi connectivity index (χ1n) is 7.49. The SMILES string of the molecule is CNc1nc(C(C)C)nc(N2CCCN(C)C(=O)C2)c1C. The van der Waals surface area contributed by atoms with Crippen LogP contribution in [0.2, 0.25) is 0 Å². The fourth-order valence-electron chi connectivity index (χ4n) is 2.50. The van der Waals surface area contributed by atoms with Gasteiger partial charge in [0.05, 0.1) is 6.54 Å². The summed E-state index contributed by atoms with van der Waals surface area (Å²) in [7, 11) is 3.72. The predicted octanol–water partition coefficient (Wildman–Crippen LogP) is 1.62. The molecule has 116 valence electrons. The predicted molar refractivity (Wildman–Crippen MR) is 84.9 cm³/mol. The van der Waals surface area contributed by atoms with E-state index in [1.54, 1.807) is 4.90 Å². The second-order valence-corrected chi connectivity index (χ2v) is 5.87. The van der Waals surface area contributed by atoms with Crippen LogP contribution >= 0.6 is 0 Å². The van der Waals surface area contributed by atoms with E-state index in [-0.39, 0.29) is 11.8 Å². The number of nitrogens with one attached hydrogen (secondary N) is 1. The van der Waals surface area contributed by atoms with Gasteiger partial charge in [0, 0.05) is 38.7 Å². The maximum absolute atomic E-state index is 12.1. The fourth-order valence-corrected chi connectivity index (χ4v) is 2.50. The normalized spacial score (nSPS) is 16.4. The highest BCUT2D eigenvalue weighted by atomic mass is 16.2. The summed E-state index contributed by atoms with van der Waals surface area (Å²) in [5.74, 6) is 2.92. The van der Waals surface area contributed by atoms with E-state index in [4.69, 9.17) is 4.98 Å². The largest absolute Gasteiger partial charge is 0.373 e. The first kappa shape index (κ1) is 15.5. The number of rotatable bonds is 3. The minimum absolute atomic E-state index is 0.141. The molecule has 6 nitrogen and oxygen atoms in total. The van der Waals surface area contributed by atoms with Crippen molar-refractivity contribution in [2.75, 3.05) is 43.9 Å². The smallest absolute Gasteiger partial charge is 0.241 e. The molecule has 2 rings (SSSR count). The Hall–Kier alpha value is -1.85. The number of hydrogen-bond donors (Lipinski definition) is 1. The number of nitrogens with zero attached hydrogens (tertiary/aromatic N) is 4. The van der Waals surface area contributed by atoms with E-state index in [1.165, 1.54) is 0 Å². The van der Waals surface area contributed by atoms with Crippen molar-refractivity contribution < 1.29 is 4.79 Å². The lowest BCUT2D eigenvalue weighted by molar-refractivity contribution is -0.127. The lowest BCUT2D eigenvalue weighted by Crippen LogP contribution is -2.35. The third kappa shape index (κ3) is 3.25. The van der Waals surface area contributed by atoms with Crippen LogP contribution in [0, 0.1) is 6.92 Å². The first-order chi connectivity index (χ1) is 9.93. The van der Waals surface area contributed by atoms with Gasteiger partial charge in [-0.1, -0.05) is 13.8 Å². The van der Waals surface area contributed by atoms with Crippen LogP contribution in [0.4, 0.5) is 11.6 Å². The first-order valence-corrected chi connectivity index (χ1v) is 7.49. The minimum atomic E-state index is 0.141. The van der Waals surface area contributed by atoms with Crippen LogP contribution in [0.1, 0.15) is 37.6 Å². The molecule has 1 saturated heterocycles. The van der Waals surface area contributed by atoms with Gasteiger partial charge in [0.25, 0.3) is 0 Å². The fraction of sp³-hybridized carbons (Fsp3) is 0.667. The summed E-state index contributed by atoms with van der Waals surface area (Å²) in [6.45, 7) is 8.19. The molecule has 0 saturated carbocycles. The van der Waals surface area contributed by atoms with Crippen molar-refractivity contribution in [1.82, 2.24) is 14.9 Å². The van der Waals surface area contributed by atoms with E-state index in [0.29, 0.717) is 6.54 Å². The molecule has 1 aromatic rings. The average molecular weight is 291 g/mol. The Labute approximate surface area is 126 Å². The zero-order valence-corrected chi connectivity index (χ0v) is 13.6. The zero-order chi connectivity index (χ0) is 15.6. The summed E-state index contributed by atoms with van der Waals surface area (Å²) >= 11 is 0. The van der Waals surface area contributed by atoms with Gasteiger partial charge in [0.1, 0.15) is 17.5 Å². The standard InChI is InChI=1S/C15H25N5O/c1-10(2)13-17-14(16-4)11(3)15(18-13)20-8-6-7-19(5)12(21)9-20/h10H,6-9H2,1-5H3,(H,16,17,18). The van der Waals surface area contributed by atoms with E-state index in [0.717, 1.165) is 42.5 Å². The van der Waals surface area contributed by atoms with Crippen LogP contribution < -0.4 is 10.2 Å². The highest BCUT2D eigenvalue weighted by molar-refractivity contribution is 5.82. The van der Waals surface area contributed by atoms with Gasteiger partial charge < -0.3 is 15.1 Å². The van der Waals surface area contributed by atoms with Gasteiger partial charge in [-0.2, -0.15) is 0 Å². The third-order valence-electron chi connectivity index (χ3n) is 3.86. The van der Waals surface area contributed by atoms with Crippen molar-refractivity contribution in [1.29, 1.82) is 0 Å². The van der Waals surface area contributed by atoms with Crippen molar-refractivity contribution in [3.05, 3.63) is 11.4 Å². The van der Waals surface area contributed by atoms with E-state index in [9.17, 15) is 4.79 Å². The summed E-state index contributed by atoms with van der Waals surface area (Å²) in [6, 6.07) is 0. The molecule has 0 spiro atoms. The highest BCUT2D eigenvalue weighted by Gasteiger charge is 2.23. The molecule has 0 aliphatic carbocycles. The van der Waals surface area contributed by atoms with Gasteiger partial charge in [-0.3, -0.25) is 4.79 Å². The van der Waals surface area contributed by atoms with E-state index >= 15 is 0 Å². The summed E-state index contributed by atoms with van der Waals surface area (Å²) < 4.78 is 0. The molecule has 6 heteroatoms.